The summed E-state index contributed by atoms with van der Waals surface area (Å²) in [4.78, 5) is 22.6. The molecule has 1 aromatic rings. The van der Waals surface area contributed by atoms with Gasteiger partial charge in [0.25, 0.3) is 0 Å². The van der Waals surface area contributed by atoms with Crippen molar-refractivity contribution in [1.29, 1.82) is 0 Å². The van der Waals surface area contributed by atoms with Crippen LogP contribution in [0.2, 0.25) is 0 Å². The van der Waals surface area contributed by atoms with Crippen molar-refractivity contribution in [3.05, 3.63) is 23.8 Å². The van der Waals surface area contributed by atoms with Crippen LogP contribution in [-0.2, 0) is 4.79 Å². The third kappa shape index (κ3) is 3.00. The molecule has 0 bridgehead atoms. The molecule has 0 fully saturated rings. The van der Waals surface area contributed by atoms with Gasteiger partial charge in [0.15, 0.2) is 0 Å². The van der Waals surface area contributed by atoms with Crippen molar-refractivity contribution in [2.24, 2.45) is 5.41 Å². The molecule has 0 saturated carbocycles. The molecule has 3 N–H and O–H groups in total. The molecule has 5 heteroatoms. The molecule has 0 unspecified atom stereocenters. The number of carboxylic acids is 1. The van der Waals surface area contributed by atoms with Crippen LogP contribution in [0.5, 0.6) is 5.75 Å². The highest BCUT2D eigenvalue weighted by molar-refractivity contribution is 5.96. The summed E-state index contributed by atoms with van der Waals surface area (Å²) in [6, 6.07) is 3.94. The average molecular weight is 251 g/mol. The molecule has 0 aliphatic heterocycles. The van der Waals surface area contributed by atoms with Crippen molar-refractivity contribution >= 4 is 17.6 Å². The monoisotopic (exact) mass is 251 g/mol. The number of carboxylic acid groups (broad SMARTS) is 1. The van der Waals surface area contributed by atoms with Gasteiger partial charge in [-0.15, -0.1) is 0 Å². The van der Waals surface area contributed by atoms with Crippen molar-refractivity contribution in [3.8, 4) is 5.75 Å². The lowest BCUT2D eigenvalue weighted by atomic mass is 9.89. The summed E-state index contributed by atoms with van der Waals surface area (Å²) < 4.78 is 0. The van der Waals surface area contributed by atoms with E-state index in [4.69, 9.17) is 5.11 Å². The molecular formula is C13H17NO4. The van der Waals surface area contributed by atoms with E-state index in [0.717, 1.165) is 0 Å². The molecule has 1 amide bonds. The number of carbonyl (C=O) groups is 2. The zero-order valence-corrected chi connectivity index (χ0v) is 10.7. The molecule has 0 atom stereocenters. The topological polar surface area (TPSA) is 86.6 Å². The number of hydrogen-bond acceptors (Lipinski definition) is 3. The fourth-order valence-electron chi connectivity index (χ4n) is 1.25. The van der Waals surface area contributed by atoms with E-state index in [-0.39, 0.29) is 17.2 Å². The number of benzene rings is 1. The molecule has 98 valence electrons. The van der Waals surface area contributed by atoms with Crippen LogP contribution >= 0.6 is 0 Å². The first-order valence-electron chi connectivity index (χ1n) is 5.65. The first-order chi connectivity index (χ1) is 8.27. The lowest BCUT2D eigenvalue weighted by Crippen LogP contribution is -2.29. The smallest absolute Gasteiger partial charge is 0.339 e. The van der Waals surface area contributed by atoms with Crippen LogP contribution in [0.4, 0.5) is 5.69 Å². The Labute approximate surface area is 105 Å². The summed E-state index contributed by atoms with van der Waals surface area (Å²) in [7, 11) is 0. The number of aromatic carboxylic acids is 1. The molecule has 5 nitrogen and oxygen atoms in total. The zero-order chi connectivity index (χ0) is 13.9. The second-order valence-electron chi connectivity index (χ2n) is 4.73. The maximum absolute atomic E-state index is 11.9. The van der Waals surface area contributed by atoms with Gasteiger partial charge < -0.3 is 15.5 Å². The molecule has 0 aliphatic rings. The molecule has 0 radical (unpaired) electrons. The Balaban J connectivity index is 2.91. The maximum atomic E-state index is 11.9. The van der Waals surface area contributed by atoms with Gasteiger partial charge in [-0.2, -0.15) is 0 Å². The van der Waals surface area contributed by atoms with Gasteiger partial charge in [0.05, 0.1) is 0 Å². The van der Waals surface area contributed by atoms with Crippen LogP contribution in [0, 0.1) is 5.41 Å². The van der Waals surface area contributed by atoms with E-state index in [0.29, 0.717) is 12.1 Å². The Morgan fingerprint density at radius 3 is 2.39 bits per heavy atom. The van der Waals surface area contributed by atoms with Crippen molar-refractivity contribution in [1.82, 2.24) is 0 Å². The first-order valence-corrected chi connectivity index (χ1v) is 5.65. The van der Waals surface area contributed by atoms with E-state index < -0.39 is 11.4 Å². The highest BCUT2D eigenvalue weighted by atomic mass is 16.4. The Morgan fingerprint density at radius 1 is 1.33 bits per heavy atom. The molecule has 0 aromatic heterocycles. The Morgan fingerprint density at radius 2 is 1.94 bits per heavy atom. The number of phenols is 1. The minimum Gasteiger partial charge on any atom is -0.507 e. The van der Waals surface area contributed by atoms with Gasteiger partial charge in [-0.1, -0.05) is 20.8 Å². The van der Waals surface area contributed by atoms with Crippen molar-refractivity contribution < 1.29 is 19.8 Å². The normalized spacial score (nSPS) is 11.1. The fraction of sp³-hybridized carbons (Fsp3) is 0.385. The van der Waals surface area contributed by atoms with E-state index in [1.807, 2.05) is 20.8 Å². The number of hydrogen-bond donors (Lipinski definition) is 3. The summed E-state index contributed by atoms with van der Waals surface area (Å²) in [6.45, 7) is 5.53. The van der Waals surface area contributed by atoms with Gasteiger partial charge in [-0.3, -0.25) is 4.79 Å². The molecule has 1 aromatic carbocycles. The number of nitrogens with one attached hydrogen (secondary N) is 1. The summed E-state index contributed by atoms with van der Waals surface area (Å²) in [6.07, 6.45) is 0.679. The first kappa shape index (κ1) is 14.0. The van der Waals surface area contributed by atoms with Crippen molar-refractivity contribution in [2.75, 3.05) is 5.32 Å². The van der Waals surface area contributed by atoms with Crippen LogP contribution in [-0.4, -0.2) is 22.1 Å². The quantitative estimate of drug-likeness (QED) is 0.767. The third-order valence-corrected chi connectivity index (χ3v) is 2.98. The standard InChI is InChI=1S/C13H17NO4/c1-4-13(2,3)12(18)14-8-5-6-9(11(16)17)10(15)7-8/h5-7,15H,4H2,1-3H3,(H,14,18)(H,16,17). The molecular weight excluding hydrogens is 234 g/mol. The van der Waals surface area contributed by atoms with Crippen LogP contribution in [0.25, 0.3) is 0 Å². The van der Waals surface area contributed by atoms with Gasteiger partial charge >= 0.3 is 5.97 Å². The number of amides is 1. The predicted molar refractivity (Wildman–Crippen MR) is 67.8 cm³/mol. The summed E-state index contributed by atoms with van der Waals surface area (Å²) in [5.74, 6) is -1.75. The Kier molecular flexibility index (Phi) is 3.96. The van der Waals surface area contributed by atoms with E-state index in [1.165, 1.54) is 18.2 Å². The molecule has 0 saturated heterocycles. The van der Waals surface area contributed by atoms with Crippen LogP contribution in [0.15, 0.2) is 18.2 Å². The van der Waals surface area contributed by atoms with E-state index in [2.05, 4.69) is 5.32 Å². The summed E-state index contributed by atoms with van der Waals surface area (Å²) in [5.41, 5.74) is -0.326. The second kappa shape index (κ2) is 5.08. The Hall–Kier alpha value is -2.04. The molecule has 1 rings (SSSR count). The highest BCUT2D eigenvalue weighted by Crippen LogP contribution is 2.25. The van der Waals surface area contributed by atoms with Crippen LogP contribution in [0.1, 0.15) is 37.6 Å². The van der Waals surface area contributed by atoms with Gasteiger partial charge in [0.1, 0.15) is 11.3 Å². The third-order valence-electron chi connectivity index (χ3n) is 2.98. The maximum Gasteiger partial charge on any atom is 0.339 e. The number of anilines is 1. The highest BCUT2D eigenvalue weighted by Gasteiger charge is 2.25. The van der Waals surface area contributed by atoms with Crippen LogP contribution < -0.4 is 5.32 Å². The van der Waals surface area contributed by atoms with Gasteiger partial charge in [0, 0.05) is 17.2 Å². The van der Waals surface area contributed by atoms with Crippen molar-refractivity contribution in [2.45, 2.75) is 27.2 Å². The fourth-order valence-corrected chi connectivity index (χ4v) is 1.25. The largest absolute Gasteiger partial charge is 0.507 e. The minimum absolute atomic E-state index is 0.174. The van der Waals surface area contributed by atoms with E-state index >= 15 is 0 Å². The SMILES string of the molecule is CCC(C)(C)C(=O)Nc1ccc(C(=O)O)c(O)c1. The molecule has 0 heterocycles. The van der Waals surface area contributed by atoms with Gasteiger partial charge in [-0.25, -0.2) is 4.79 Å². The van der Waals surface area contributed by atoms with Gasteiger partial charge in [-0.05, 0) is 18.6 Å². The Bertz CT molecular complexity index is 480. The van der Waals surface area contributed by atoms with E-state index in [9.17, 15) is 14.7 Å². The number of aromatic hydroxyl groups is 1. The zero-order valence-electron chi connectivity index (χ0n) is 10.7. The average Bonchev–Trinajstić information content (AvgIpc) is 2.28. The number of rotatable bonds is 4. The van der Waals surface area contributed by atoms with Gasteiger partial charge in [0.2, 0.25) is 5.91 Å². The summed E-state index contributed by atoms with van der Waals surface area (Å²) >= 11 is 0. The molecule has 0 spiro atoms. The predicted octanol–water partition coefficient (Wildman–Crippen LogP) is 2.47. The lowest BCUT2D eigenvalue weighted by Gasteiger charge is -2.21. The van der Waals surface area contributed by atoms with Crippen molar-refractivity contribution in [3.63, 3.8) is 0 Å². The second-order valence-corrected chi connectivity index (χ2v) is 4.73. The van der Waals surface area contributed by atoms with Crippen LogP contribution in [0.3, 0.4) is 0 Å². The lowest BCUT2D eigenvalue weighted by molar-refractivity contribution is -0.124. The van der Waals surface area contributed by atoms with E-state index in [1.54, 1.807) is 0 Å². The molecule has 0 aliphatic carbocycles. The summed E-state index contributed by atoms with van der Waals surface area (Å²) in [5, 5.41) is 20.9. The molecule has 18 heavy (non-hydrogen) atoms. The number of carbonyl (C=O) groups excluding carboxylic acids is 1. The minimum atomic E-state index is -1.21.